The molecule has 4 rings (SSSR count). The van der Waals surface area contributed by atoms with Gasteiger partial charge in [-0.15, -0.1) is 0 Å². The van der Waals surface area contributed by atoms with Crippen molar-refractivity contribution in [3.63, 3.8) is 0 Å². The number of likely N-dealkylation sites (tertiary alicyclic amines) is 1. The van der Waals surface area contributed by atoms with Gasteiger partial charge in [0, 0.05) is 44.2 Å². The third-order valence-electron chi connectivity index (χ3n) is 6.91. The van der Waals surface area contributed by atoms with Gasteiger partial charge in [-0.05, 0) is 55.3 Å². The van der Waals surface area contributed by atoms with Crippen LogP contribution in [-0.2, 0) is 30.6 Å². The summed E-state index contributed by atoms with van der Waals surface area (Å²) in [6.07, 6.45) is -3.11. The van der Waals surface area contributed by atoms with E-state index in [1.165, 1.54) is 12.1 Å². The average Bonchev–Trinajstić information content (AvgIpc) is 2.86. The van der Waals surface area contributed by atoms with Gasteiger partial charge >= 0.3 is 6.18 Å². The number of fused-ring (bicyclic) bond motifs is 1. The summed E-state index contributed by atoms with van der Waals surface area (Å²) in [5.74, 6) is -1.93. The fourth-order valence-corrected chi connectivity index (χ4v) is 4.88. The topological polar surface area (TPSA) is 89.6 Å². The lowest BCUT2D eigenvalue weighted by atomic mass is 10.0. The number of alkyl halides is 3. The molecule has 1 amide bonds. The Labute approximate surface area is 217 Å². The first-order valence-corrected chi connectivity index (χ1v) is 12.3. The number of carbonyl (C=O) groups is 1. The highest BCUT2D eigenvalue weighted by atomic mass is 19.4. The van der Waals surface area contributed by atoms with E-state index in [-0.39, 0.29) is 23.7 Å². The quantitative estimate of drug-likeness (QED) is 0.409. The van der Waals surface area contributed by atoms with Gasteiger partial charge in [0.15, 0.2) is 0 Å². The van der Waals surface area contributed by atoms with Crippen molar-refractivity contribution < 1.29 is 27.1 Å². The summed E-state index contributed by atoms with van der Waals surface area (Å²) in [6.45, 7) is 3.21. The van der Waals surface area contributed by atoms with Gasteiger partial charge in [-0.3, -0.25) is 9.59 Å². The number of ether oxygens (including phenoxy) is 1. The number of nitrogens with zero attached hydrogens (tertiary/aromatic N) is 2. The SMILES string of the molecule is COCc1ccc2c(C(N)=O)cc(=O)n(CCN3CCC(NCc4ccc(C(F)(F)F)c(F)c4)CC3)c2c1. The minimum atomic E-state index is -4.71. The highest BCUT2D eigenvalue weighted by molar-refractivity contribution is 6.05. The Kier molecular flexibility index (Phi) is 8.49. The van der Waals surface area contributed by atoms with E-state index in [0.29, 0.717) is 36.2 Å². The molecule has 3 aromatic rings. The maximum Gasteiger partial charge on any atom is 0.419 e. The number of halogens is 4. The number of nitrogens with two attached hydrogens (primary N) is 1. The number of rotatable bonds is 9. The third-order valence-corrected chi connectivity index (χ3v) is 6.91. The number of aromatic nitrogens is 1. The van der Waals surface area contributed by atoms with Crippen LogP contribution in [0.25, 0.3) is 10.9 Å². The summed E-state index contributed by atoms with van der Waals surface area (Å²) < 4.78 is 59.0. The number of pyridine rings is 1. The second-order valence-corrected chi connectivity index (χ2v) is 9.51. The lowest BCUT2D eigenvalue weighted by molar-refractivity contribution is -0.140. The standard InChI is InChI=1S/C27H30F4N4O3/c1-38-16-18-2-4-20-21(26(32)37)14-25(36)35(24(20)13-18)11-10-34-8-6-19(7-9-34)33-15-17-3-5-22(23(28)12-17)27(29,30)31/h2-5,12-14,19,33H,6-11,15-16H2,1H3,(H2,32,37). The van der Waals surface area contributed by atoms with Crippen molar-refractivity contribution in [1.29, 1.82) is 0 Å². The molecule has 11 heteroatoms. The maximum atomic E-state index is 13.8. The van der Waals surface area contributed by atoms with Crippen LogP contribution in [0.15, 0.2) is 47.3 Å². The Balaban J connectivity index is 1.36. The molecule has 0 radical (unpaired) electrons. The molecule has 7 nitrogen and oxygen atoms in total. The van der Waals surface area contributed by atoms with Crippen molar-refractivity contribution in [1.82, 2.24) is 14.8 Å². The van der Waals surface area contributed by atoms with Crippen LogP contribution in [0.3, 0.4) is 0 Å². The van der Waals surface area contributed by atoms with Crippen LogP contribution in [0.5, 0.6) is 0 Å². The molecule has 0 bridgehead atoms. The van der Waals surface area contributed by atoms with E-state index >= 15 is 0 Å². The van der Waals surface area contributed by atoms with E-state index in [9.17, 15) is 27.2 Å². The fourth-order valence-electron chi connectivity index (χ4n) is 4.88. The molecule has 0 aliphatic carbocycles. The van der Waals surface area contributed by atoms with Crippen molar-refractivity contribution in [2.45, 2.75) is 44.8 Å². The zero-order valence-electron chi connectivity index (χ0n) is 21.0. The predicted molar refractivity (Wildman–Crippen MR) is 135 cm³/mol. The van der Waals surface area contributed by atoms with Gasteiger partial charge in [-0.25, -0.2) is 4.39 Å². The summed E-state index contributed by atoms with van der Waals surface area (Å²) in [5.41, 5.74) is 6.07. The summed E-state index contributed by atoms with van der Waals surface area (Å²) in [4.78, 5) is 27.0. The number of amides is 1. The van der Waals surface area contributed by atoms with Gasteiger partial charge in [0.2, 0.25) is 5.91 Å². The van der Waals surface area contributed by atoms with Crippen molar-refractivity contribution in [2.75, 3.05) is 26.7 Å². The number of carbonyl (C=O) groups excluding carboxylic acids is 1. The molecule has 2 heterocycles. The summed E-state index contributed by atoms with van der Waals surface area (Å²) in [6, 6.07) is 9.87. The third kappa shape index (κ3) is 6.40. The number of hydrogen-bond donors (Lipinski definition) is 2. The monoisotopic (exact) mass is 534 g/mol. The zero-order chi connectivity index (χ0) is 27.4. The molecule has 0 saturated carbocycles. The second kappa shape index (κ2) is 11.6. The largest absolute Gasteiger partial charge is 0.419 e. The van der Waals surface area contributed by atoms with Crippen LogP contribution in [0.1, 0.15) is 39.9 Å². The van der Waals surface area contributed by atoms with Gasteiger partial charge in [0.05, 0.1) is 23.3 Å². The molecular weight excluding hydrogens is 504 g/mol. The van der Waals surface area contributed by atoms with Crippen LogP contribution in [0.2, 0.25) is 0 Å². The maximum absolute atomic E-state index is 13.8. The highest BCUT2D eigenvalue weighted by Gasteiger charge is 2.34. The number of methoxy groups -OCH3 is 1. The molecule has 38 heavy (non-hydrogen) atoms. The molecule has 1 aliphatic rings. The molecule has 0 atom stereocenters. The molecule has 0 spiro atoms. The van der Waals surface area contributed by atoms with Crippen LogP contribution in [-0.4, -0.2) is 48.2 Å². The van der Waals surface area contributed by atoms with E-state index in [1.54, 1.807) is 17.7 Å². The normalized spacial score (nSPS) is 15.3. The first-order valence-electron chi connectivity index (χ1n) is 12.3. The van der Waals surface area contributed by atoms with E-state index in [0.717, 1.165) is 43.6 Å². The Morgan fingerprint density at radius 1 is 1.08 bits per heavy atom. The Morgan fingerprint density at radius 2 is 1.79 bits per heavy atom. The smallest absolute Gasteiger partial charge is 0.380 e. The molecule has 1 saturated heterocycles. The number of hydrogen-bond acceptors (Lipinski definition) is 5. The molecule has 3 N–H and O–H groups in total. The predicted octanol–water partition coefficient (Wildman–Crippen LogP) is 3.66. The van der Waals surface area contributed by atoms with Crippen molar-refractivity contribution in [2.24, 2.45) is 5.73 Å². The van der Waals surface area contributed by atoms with E-state index in [4.69, 9.17) is 10.5 Å². The molecule has 1 fully saturated rings. The Hall–Kier alpha value is -3.28. The fraction of sp³-hybridized carbons (Fsp3) is 0.407. The van der Waals surface area contributed by atoms with Crippen LogP contribution in [0, 0.1) is 5.82 Å². The average molecular weight is 535 g/mol. The minimum absolute atomic E-state index is 0.145. The van der Waals surface area contributed by atoms with Gasteiger partial charge in [0.25, 0.3) is 5.56 Å². The van der Waals surface area contributed by atoms with Gasteiger partial charge in [-0.1, -0.05) is 18.2 Å². The van der Waals surface area contributed by atoms with Gasteiger partial charge in [0.1, 0.15) is 5.82 Å². The van der Waals surface area contributed by atoms with Crippen molar-refractivity contribution >= 4 is 16.8 Å². The number of benzene rings is 2. The van der Waals surface area contributed by atoms with E-state index < -0.39 is 23.5 Å². The van der Waals surface area contributed by atoms with Crippen LogP contribution >= 0.6 is 0 Å². The van der Waals surface area contributed by atoms with E-state index in [2.05, 4.69) is 10.2 Å². The molecular formula is C27H30F4N4O3. The van der Waals surface area contributed by atoms with Crippen molar-refractivity contribution in [3.05, 3.63) is 80.9 Å². The van der Waals surface area contributed by atoms with Crippen LogP contribution < -0.4 is 16.6 Å². The van der Waals surface area contributed by atoms with Crippen molar-refractivity contribution in [3.8, 4) is 0 Å². The second-order valence-electron chi connectivity index (χ2n) is 9.51. The molecule has 0 unspecified atom stereocenters. The summed E-state index contributed by atoms with van der Waals surface area (Å²) in [5, 5.41) is 3.91. The summed E-state index contributed by atoms with van der Waals surface area (Å²) >= 11 is 0. The molecule has 2 aromatic carbocycles. The van der Waals surface area contributed by atoms with Gasteiger partial charge < -0.3 is 25.3 Å². The van der Waals surface area contributed by atoms with Gasteiger partial charge in [-0.2, -0.15) is 13.2 Å². The minimum Gasteiger partial charge on any atom is -0.380 e. The zero-order valence-corrected chi connectivity index (χ0v) is 21.0. The van der Waals surface area contributed by atoms with Crippen LogP contribution in [0.4, 0.5) is 17.6 Å². The Bertz CT molecular complexity index is 1360. The highest BCUT2D eigenvalue weighted by Crippen LogP contribution is 2.31. The lowest BCUT2D eigenvalue weighted by Crippen LogP contribution is -2.43. The number of piperidine rings is 1. The number of primary amides is 1. The first kappa shape index (κ1) is 27.7. The summed E-state index contributed by atoms with van der Waals surface area (Å²) in [7, 11) is 1.58. The Morgan fingerprint density at radius 3 is 2.42 bits per heavy atom. The molecule has 204 valence electrons. The molecule has 1 aliphatic heterocycles. The number of nitrogens with one attached hydrogen (secondary N) is 1. The van der Waals surface area contributed by atoms with E-state index in [1.807, 2.05) is 12.1 Å². The molecule has 1 aromatic heterocycles. The lowest BCUT2D eigenvalue weighted by Gasteiger charge is -2.32. The first-order chi connectivity index (χ1) is 18.1.